The van der Waals surface area contributed by atoms with Gasteiger partial charge in [0.05, 0.1) is 0 Å². The van der Waals surface area contributed by atoms with Crippen LogP contribution in [-0.4, -0.2) is 12.6 Å². The predicted octanol–water partition coefficient (Wildman–Crippen LogP) is 2.91. The van der Waals surface area contributed by atoms with Crippen LogP contribution in [-0.2, 0) is 0 Å². The quantitative estimate of drug-likeness (QED) is 0.709. The third-order valence-corrected chi connectivity index (χ3v) is 3.54. The molecule has 1 N–H and O–H groups in total. The highest BCUT2D eigenvalue weighted by Crippen LogP contribution is 2.39. The molecule has 1 saturated heterocycles. The average molecular weight is 183 g/mol. The van der Waals surface area contributed by atoms with Crippen molar-refractivity contribution in [2.45, 2.75) is 47.6 Å². The van der Waals surface area contributed by atoms with Crippen molar-refractivity contribution in [2.24, 2.45) is 23.2 Å². The summed E-state index contributed by atoms with van der Waals surface area (Å²) in [7, 11) is 0. The minimum Gasteiger partial charge on any atom is -0.313 e. The fraction of sp³-hybridized carbons (Fsp3) is 1.00. The lowest BCUT2D eigenvalue weighted by molar-refractivity contribution is 0.0318. The van der Waals surface area contributed by atoms with E-state index in [4.69, 9.17) is 0 Å². The van der Waals surface area contributed by atoms with E-state index in [1.54, 1.807) is 0 Å². The zero-order valence-electron chi connectivity index (χ0n) is 10.0. The van der Waals surface area contributed by atoms with Crippen molar-refractivity contribution in [3.63, 3.8) is 0 Å². The molecule has 0 spiro atoms. The molecule has 1 nitrogen and oxygen atoms in total. The van der Waals surface area contributed by atoms with Crippen molar-refractivity contribution in [3.05, 3.63) is 0 Å². The van der Waals surface area contributed by atoms with E-state index in [0.29, 0.717) is 5.41 Å². The minimum atomic E-state index is 0.513. The Labute approximate surface area is 83.3 Å². The summed E-state index contributed by atoms with van der Waals surface area (Å²) < 4.78 is 0. The molecule has 1 unspecified atom stereocenters. The summed E-state index contributed by atoms with van der Waals surface area (Å²) >= 11 is 0. The second-order valence-corrected chi connectivity index (χ2v) is 5.91. The first-order valence-corrected chi connectivity index (χ1v) is 5.59. The topological polar surface area (TPSA) is 12.0 Å². The monoisotopic (exact) mass is 183 g/mol. The highest BCUT2D eigenvalue weighted by molar-refractivity contribution is 5.00. The van der Waals surface area contributed by atoms with Crippen LogP contribution in [0.2, 0.25) is 0 Å². The predicted molar refractivity (Wildman–Crippen MR) is 58.7 cm³/mol. The van der Waals surface area contributed by atoms with Crippen LogP contribution in [0.3, 0.4) is 0 Å². The van der Waals surface area contributed by atoms with E-state index >= 15 is 0 Å². The third-order valence-electron chi connectivity index (χ3n) is 3.54. The SMILES string of the molecule is CC(C)C(C(C)C)C1NCC1(C)C. The zero-order valence-corrected chi connectivity index (χ0v) is 10.0. The van der Waals surface area contributed by atoms with E-state index in [0.717, 1.165) is 23.8 Å². The molecule has 1 aliphatic rings. The third kappa shape index (κ3) is 2.07. The van der Waals surface area contributed by atoms with Crippen molar-refractivity contribution < 1.29 is 0 Å². The summed E-state index contributed by atoms with van der Waals surface area (Å²) in [6.45, 7) is 15.3. The van der Waals surface area contributed by atoms with Crippen LogP contribution < -0.4 is 5.32 Å². The summed E-state index contributed by atoms with van der Waals surface area (Å²) in [6, 6.07) is 0.729. The maximum absolute atomic E-state index is 3.60. The first-order valence-electron chi connectivity index (χ1n) is 5.59. The smallest absolute Gasteiger partial charge is 0.0164 e. The molecule has 1 aliphatic heterocycles. The summed E-state index contributed by atoms with van der Waals surface area (Å²) in [5, 5.41) is 3.60. The first-order chi connectivity index (χ1) is 5.86. The van der Waals surface area contributed by atoms with Gasteiger partial charge < -0.3 is 5.32 Å². The van der Waals surface area contributed by atoms with Crippen LogP contribution in [0.4, 0.5) is 0 Å². The molecule has 0 radical (unpaired) electrons. The van der Waals surface area contributed by atoms with Crippen molar-refractivity contribution in [1.82, 2.24) is 5.32 Å². The maximum atomic E-state index is 3.60. The van der Waals surface area contributed by atoms with Gasteiger partial charge in [-0.2, -0.15) is 0 Å². The first kappa shape index (κ1) is 11.0. The number of hydrogen-bond acceptors (Lipinski definition) is 1. The van der Waals surface area contributed by atoms with E-state index in [1.807, 2.05) is 0 Å². The van der Waals surface area contributed by atoms with Gasteiger partial charge >= 0.3 is 0 Å². The fourth-order valence-electron chi connectivity index (χ4n) is 2.82. The molecule has 0 aromatic heterocycles. The lowest BCUT2D eigenvalue weighted by Crippen LogP contribution is -2.64. The Hall–Kier alpha value is -0.0400. The van der Waals surface area contributed by atoms with Gasteiger partial charge in [0.25, 0.3) is 0 Å². The maximum Gasteiger partial charge on any atom is 0.0164 e. The second kappa shape index (κ2) is 3.61. The fourth-order valence-corrected chi connectivity index (χ4v) is 2.82. The Morgan fingerprint density at radius 1 is 1.08 bits per heavy atom. The molecule has 1 fully saturated rings. The van der Waals surface area contributed by atoms with Gasteiger partial charge in [-0.3, -0.25) is 0 Å². The van der Waals surface area contributed by atoms with Crippen molar-refractivity contribution in [2.75, 3.05) is 6.54 Å². The molecular formula is C12H25N. The van der Waals surface area contributed by atoms with Crippen LogP contribution in [0.15, 0.2) is 0 Å². The van der Waals surface area contributed by atoms with Gasteiger partial charge in [0.1, 0.15) is 0 Å². The van der Waals surface area contributed by atoms with Crippen LogP contribution >= 0.6 is 0 Å². The van der Waals surface area contributed by atoms with Crippen molar-refractivity contribution in [3.8, 4) is 0 Å². The Kier molecular flexibility index (Phi) is 3.06. The zero-order chi connectivity index (χ0) is 10.2. The molecule has 0 aromatic carbocycles. The second-order valence-electron chi connectivity index (χ2n) is 5.91. The van der Waals surface area contributed by atoms with E-state index in [1.165, 1.54) is 6.54 Å². The molecule has 1 heterocycles. The molecule has 1 atom stereocenters. The molecular weight excluding hydrogens is 158 g/mol. The van der Waals surface area contributed by atoms with Gasteiger partial charge in [-0.1, -0.05) is 41.5 Å². The van der Waals surface area contributed by atoms with Crippen molar-refractivity contribution in [1.29, 1.82) is 0 Å². The van der Waals surface area contributed by atoms with Gasteiger partial charge in [0.15, 0.2) is 0 Å². The summed E-state index contributed by atoms with van der Waals surface area (Å²) in [6.07, 6.45) is 0. The molecule has 1 rings (SSSR count). The number of hydrogen-bond donors (Lipinski definition) is 1. The molecule has 0 amide bonds. The Bertz CT molecular complexity index is 162. The minimum absolute atomic E-state index is 0.513. The van der Waals surface area contributed by atoms with E-state index in [9.17, 15) is 0 Å². The Morgan fingerprint density at radius 3 is 1.62 bits per heavy atom. The Balaban J connectivity index is 2.66. The number of nitrogens with one attached hydrogen (secondary N) is 1. The van der Waals surface area contributed by atoms with Crippen LogP contribution in [0.1, 0.15) is 41.5 Å². The normalized spacial score (nSPS) is 27.0. The summed E-state index contributed by atoms with van der Waals surface area (Å²) in [5.74, 6) is 2.40. The molecule has 1 heteroatoms. The molecule has 0 bridgehead atoms. The number of rotatable bonds is 3. The van der Waals surface area contributed by atoms with Gasteiger partial charge in [0.2, 0.25) is 0 Å². The molecule has 0 saturated carbocycles. The van der Waals surface area contributed by atoms with Gasteiger partial charge in [0, 0.05) is 12.6 Å². The highest BCUT2D eigenvalue weighted by atomic mass is 15.0. The van der Waals surface area contributed by atoms with Crippen molar-refractivity contribution >= 4 is 0 Å². The van der Waals surface area contributed by atoms with E-state index in [-0.39, 0.29) is 0 Å². The summed E-state index contributed by atoms with van der Waals surface area (Å²) in [4.78, 5) is 0. The molecule has 0 aliphatic carbocycles. The lowest BCUT2D eigenvalue weighted by atomic mass is 9.65. The molecule has 0 aromatic rings. The van der Waals surface area contributed by atoms with E-state index < -0.39 is 0 Å². The molecule has 78 valence electrons. The van der Waals surface area contributed by atoms with E-state index in [2.05, 4.69) is 46.9 Å². The highest BCUT2D eigenvalue weighted by Gasteiger charge is 2.44. The summed E-state index contributed by atoms with van der Waals surface area (Å²) in [5.41, 5.74) is 0.513. The standard InChI is InChI=1S/C12H25N/c1-8(2)10(9(3)4)11-12(5,6)7-13-11/h8-11,13H,7H2,1-6H3. The van der Waals surface area contributed by atoms with Crippen LogP contribution in [0, 0.1) is 23.2 Å². The van der Waals surface area contributed by atoms with Crippen LogP contribution in [0.25, 0.3) is 0 Å². The van der Waals surface area contributed by atoms with Crippen LogP contribution in [0.5, 0.6) is 0 Å². The largest absolute Gasteiger partial charge is 0.313 e. The van der Waals surface area contributed by atoms with Gasteiger partial charge in [-0.05, 0) is 23.2 Å². The lowest BCUT2D eigenvalue weighted by Gasteiger charge is -2.52. The Morgan fingerprint density at radius 2 is 1.54 bits per heavy atom. The van der Waals surface area contributed by atoms with Gasteiger partial charge in [-0.25, -0.2) is 0 Å². The molecule has 13 heavy (non-hydrogen) atoms. The average Bonchev–Trinajstić information content (AvgIpc) is 1.96. The van der Waals surface area contributed by atoms with Gasteiger partial charge in [-0.15, -0.1) is 0 Å².